The summed E-state index contributed by atoms with van der Waals surface area (Å²) in [6.07, 6.45) is 0.400. The number of alkyl carbamates (subject to hydrolysis) is 1. The van der Waals surface area contributed by atoms with Gasteiger partial charge in [-0.3, -0.25) is 4.79 Å². The Morgan fingerprint density at radius 1 is 1.09 bits per heavy atom. The number of carbonyl (C=O) groups is 3. The fourth-order valence-corrected chi connectivity index (χ4v) is 5.13. The SMILES string of the molecule is CCC[C@@H](NC(=O)OCC1c2ccccc2-c2ccccc21)C(=O)N1CC(C)(C)C1C(=O)O. The number of hydrogen-bond acceptors (Lipinski definition) is 4. The number of carboxylic acid groups (broad SMARTS) is 1. The van der Waals surface area contributed by atoms with Gasteiger partial charge in [0.25, 0.3) is 0 Å². The molecule has 0 radical (unpaired) electrons. The summed E-state index contributed by atoms with van der Waals surface area (Å²) in [6.45, 7) is 6.05. The van der Waals surface area contributed by atoms with Gasteiger partial charge in [-0.1, -0.05) is 75.7 Å². The summed E-state index contributed by atoms with van der Waals surface area (Å²) < 4.78 is 5.58. The lowest BCUT2D eigenvalue weighted by Gasteiger charge is -2.52. The van der Waals surface area contributed by atoms with Crippen LogP contribution >= 0.6 is 0 Å². The number of benzene rings is 2. The quantitative estimate of drug-likeness (QED) is 0.664. The molecule has 1 heterocycles. The lowest BCUT2D eigenvalue weighted by Crippen LogP contribution is -2.69. The standard InChI is InChI=1S/C26H30N2O5/c1-4-9-21(23(29)28-15-26(2,3)22(28)24(30)31)27-25(32)33-14-20-18-12-7-5-10-16(18)17-11-6-8-13-19(17)20/h5-8,10-13,20-22H,4,9,14-15H2,1-3H3,(H,27,32)(H,30,31)/t21-,22?/m1/s1. The first-order valence-corrected chi connectivity index (χ1v) is 11.4. The molecule has 2 N–H and O–H groups in total. The monoisotopic (exact) mass is 450 g/mol. The molecule has 33 heavy (non-hydrogen) atoms. The fraction of sp³-hybridized carbons (Fsp3) is 0.423. The van der Waals surface area contributed by atoms with E-state index in [0.717, 1.165) is 22.3 Å². The molecule has 1 aliphatic carbocycles. The van der Waals surface area contributed by atoms with Gasteiger partial charge in [0.15, 0.2) is 0 Å². The Morgan fingerprint density at radius 3 is 2.18 bits per heavy atom. The topological polar surface area (TPSA) is 95.9 Å². The van der Waals surface area contributed by atoms with Gasteiger partial charge in [-0.25, -0.2) is 9.59 Å². The molecule has 2 aromatic carbocycles. The maximum absolute atomic E-state index is 13.0. The average Bonchev–Trinajstić information content (AvgIpc) is 3.09. The first-order valence-electron chi connectivity index (χ1n) is 11.4. The molecule has 0 spiro atoms. The van der Waals surface area contributed by atoms with Gasteiger partial charge >= 0.3 is 12.1 Å². The summed E-state index contributed by atoms with van der Waals surface area (Å²) in [5.74, 6) is -1.48. The highest BCUT2D eigenvalue weighted by Crippen LogP contribution is 2.44. The van der Waals surface area contributed by atoms with Crippen molar-refractivity contribution < 1.29 is 24.2 Å². The van der Waals surface area contributed by atoms with Crippen LogP contribution in [0.3, 0.4) is 0 Å². The van der Waals surface area contributed by atoms with Gasteiger partial charge in [0.2, 0.25) is 5.91 Å². The highest BCUT2D eigenvalue weighted by molar-refractivity contribution is 5.91. The van der Waals surface area contributed by atoms with Gasteiger partial charge < -0.3 is 20.1 Å². The Morgan fingerprint density at radius 2 is 1.67 bits per heavy atom. The van der Waals surface area contributed by atoms with Crippen molar-refractivity contribution in [1.82, 2.24) is 10.2 Å². The van der Waals surface area contributed by atoms with Crippen molar-refractivity contribution in [2.75, 3.05) is 13.2 Å². The normalized spacial score (nSPS) is 19.1. The Balaban J connectivity index is 1.42. The van der Waals surface area contributed by atoms with E-state index in [0.29, 0.717) is 19.4 Å². The minimum absolute atomic E-state index is 0.0731. The Kier molecular flexibility index (Phi) is 6.15. The zero-order chi connectivity index (χ0) is 23.8. The van der Waals surface area contributed by atoms with Crippen molar-refractivity contribution in [2.24, 2.45) is 5.41 Å². The number of amides is 2. The molecular formula is C26H30N2O5. The molecule has 7 nitrogen and oxygen atoms in total. The van der Waals surface area contributed by atoms with E-state index in [1.807, 2.05) is 57.2 Å². The zero-order valence-corrected chi connectivity index (χ0v) is 19.2. The van der Waals surface area contributed by atoms with E-state index in [2.05, 4.69) is 17.4 Å². The van der Waals surface area contributed by atoms with E-state index in [1.54, 1.807) is 0 Å². The number of nitrogens with one attached hydrogen (secondary N) is 1. The molecule has 2 amide bonds. The van der Waals surface area contributed by atoms with Crippen molar-refractivity contribution in [3.8, 4) is 11.1 Å². The summed E-state index contributed by atoms with van der Waals surface area (Å²) in [5, 5.41) is 12.2. The fourth-order valence-electron chi connectivity index (χ4n) is 5.13. The lowest BCUT2D eigenvalue weighted by molar-refractivity contribution is -0.172. The predicted octanol–water partition coefficient (Wildman–Crippen LogP) is 4.02. The van der Waals surface area contributed by atoms with E-state index in [-0.39, 0.29) is 18.4 Å². The van der Waals surface area contributed by atoms with Crippen molar-refractivity contribution in [2.45, 2.75) is 51.6 Å². The number of nitrogens with zero attached hydrogens (tertiary/aromatic N) is 1. The third-order valence-electron chi connectivity index (χ3n) is 6.66. The largest absolute Gasteiger partial charge is 0.480 e. The summed E-state index contributed by atoms with van der Waals surface area (Å²) in [4.78, 5) is 38.7. The molecule has 0 saturated carbocycles. The molecule has 0 aromatic heterocycles. The van der Waals surface area contributed by atoms with E-state index >= 15 is 0 Å². The van der Waals surface area contributed by atoms with Crippen molar-refractivity contribution >= 4 is 18.0 Å². The Labute approximate surface area is 193 Å². The smallest absolute Gasteiger partial charge is 0.407 e. The van der Waals surface area contributed by atoms with Crippen LogP contribution in [0.15, 0.2) is 48.5 Å². The van der Waals surface area contributed by atoms with E-state index in [1.165, 1.54) is 4.90 Å². The Bertz CT molecular complexity index is 1030. The number of carboxylic acids is 1. The van der Waals surface area contributed by atoms with Crippen LogP contribution < -0.4 is 5.32 Å². The van der Waals surface area contributed by atoms with Crippen molar-refractivity contribution in [3.63, 3.8) is 0 Å². The minimum atomic E-state index is -1.03. The second-order valence-electron chi connectivity index (χ2n) is 9.51. The Hall–Kier alpha value is -3.35. The maximum atomic E-state index is 13.0. The molecule has 1 unspecified atom stereocenters. The molecular weight excluding hydrogens is 420 g/mol. The van der Waals surface area contributed by atoms with Gasteiger partial charge in [-0.2, -0.15) is 0 Å². The molecule has 2 aromatic rings. The number of hydrogen-bond donors (Lipinski definition) is 2. The number of aliphatic carboxylic acids is 1. The number of fused-ring (bicyclic) bond motifs is 3. The van der Waals surface area contributed by atoms with Crippen LogP contribution in [-0.2, 0) is 14.3 Å². The molecule has 1 aliphatic heterocycles. The van der Waals surface area contributed by atoms with E-state index < -0.39 is 29.6 Å². The minimum Gasteiger partial charge on any atom is -0.480 e. The highest BCUT2D eigenvalue weighted by atomic mass is 16.5. The molecule has 0 bridgehead atoms. The molecule has 4 rings (SSSR count). The van der Waals surface area contributed by atoms with Crippen LogP contribution in [0, 0.1) is 5.41 Å². The lowest BCUT2D eigenvalue weighted by atomic mass is 9.74. The third-order valence-corrected chi connectivity index (χ3v) is 6.66. The van der Waals surface area contributed by atoms with Crippen LogP contribution in [0.4, 0.5) is 4.79 Å². The predicted molar refractivity (Wildman–Crippen MR) is 124 cm³/mol. The van der Waals surface area contributed by atoms with Crippen LogP contribution in [0.2, 0.25) is 0 Å². The zero-order valence-electron chi connectivity index (χ0n) is 19.2. The number of likely N-dealkylation sites (tertiary alicyclic amines) is 1. The second kappa shape index (κ2) is 8.89. The molecule has 1 fully saturated rings. The summed E-state index contributed by atoms with van der Waals surface area (Å²) in [5.41, 5.74) is 4.00. The second-order valence-corrected chi connectivity index (χ2v) is 9.51. The van der Waals surface area contributed by atoms with Gasteiger partial charge in [0.05, 0.1) is 0 Å². The first kappa shape index (κ1) is 22.8. The first-order chi connectivity index (χ1) is 15.7. The average molecular weight is 451 g/mol. The summed E-state index contributed by atoms with van der Waals surface area (Å²) in [6, 6.07) is 14.4. The van der Waals surface area contributed by atoms with Gasteiger partial charge in [0.1, 0.15) is 18.7 Å². The number of rotatable bonds is 7. The van der Waals surface area contributed by atoms with Crippen LogP contribution in [-0.4, -0.2) is 53.2 Å². The van der Waals surface area contributed by atoms with E-state index in [4.69, 9.17) is 4.74 Å². The molecule has 2 aliphatic rings. The number of ether oxygens (including phenoxy) is 1. The van der Waals surface area contributed by atoms with Gasteiger partial charge in [0, 0.05) is 17.9 Å². The molecule has 7 heteroatoms. The summed E-state index contributed by atoms with van der Waals surface area (Å²) >= 11 is 0. The third kappa shape index (κ3) is 4.19. The van der Waals surface area contributed by atoms with Gasteiger partial charge in [-0.15, -0.1) is 0 Å². The summed E-state index contributed by atoms with van der Waals surface area (Å²) in [7, 11) is 0. The van der Waals surface area contributed by atoms with Crippen LogP contribution in [0.25, 0.3) is 11.1 Å². The van der Waals surface area contributed by atoms with Crippen LogP contribution in [0.5, 0.6) is 0 Å². The highest BCUT2D eigenvalue weighted by Gasteiger charge is 2.53. The van der Waals surface area contributed by atoms with E-state index in [9.17, 15) is 19.5 Å². The maximum Gasteiger partial charge on any atom is 0.407 e. The number of carbonyl (C=O) groups excluding carboxylic acids is 2. The van der Waals surface area contributed by atoms with Gasteiger partial charge in [-0.05, 0) is 28.7 Å². The van der Waals surface area contributed by atoms with Crippen LogP contribution in [0.1, 0.15) is 50.7 Å². The molecule has 2 atom stereocenters. The van der Waals surface area contributed by atoms with Crippen molar-refractivity contribution in [1.29, 1.82) is 0 Å². The molecule has 1 saturated heterocycles. The van der Waals surface area contributed by atoms with Crippen molar-refractivity contribution in [3.05, 3.63) is 59.7 Å². The molecule has 174 valence electrons.